The minimum absolute atomic E-state index is 0.0879. The lowest BCUT2D eigenvalue weighted by molar-refractivity contribution is -0.118. The highest BCUT2D eigenvalue weighted by Gasteiger charge is 2.15. The molecule has 0 aromatic heterocycles. The zero-order chi connectivity index (χ0) is 25.2. The second-order valence-corrected chi connectivity index (χ2v) is 9.28. The maximum Gasteiger partial charge on any atom is 0.262 e. The zero-order valence-electron chi connectivity index (χ0n) is 19.7. The highest BCUT2D eigenvalue weighted by molar-refractivity contribution is 8.00. The van der Waals surface area contributed by atoms with Gasteiger partial charge in [0, 0.05) is 16.3 Å². The fourth-order valence-electron chi connectivity index (χ4n) is 3.24. The average Bonchev–Trinajstić information content (AvgIpc) is 2.90. The van der Waals surface area contributed by atoms with E-state index >= 15 is 0 Å². The molecule has 0 spiro atoms. The maximum absolute atomic E-state index is 12.7. The Morgan fingerprint density at radius 3 is 2.06 bits per heavy atom. The molecule has 2 amide bonds. The first kappa shape index (κ1) is 24.9. The monoisotopic (exact) mass is 498 g/mol. The van der Waals surface area contributed by atoms with E-state index in [9.17, 15) is 9.59 Å². The number of rotatable bonds is 10. The van der Waals surface area contributed by atoms with Crippen LogP contribution in [0.15, 0.2) is 114 Å². The Bertz CT molecular complexity index is 1280. The lowest BCUT2D eigenvalue weighted by Crippen LogP contribution is -2.22. The second kappa shape index (κ2) is 12.5. The van der Waals surface area contributed by atoms with Crippen molar-refractivity contribution in [1.82, 2.24) is 0 Å². The van der Waals surface area contributed by atoms with Gasteiger partial charge in [-0.15, -0.1) is 11.8 Å². The van der Waals surface area contributed by atoms with Crippen LogP contribution < -0.4 is 20.1 Å². The van der Waals surface area contributed by atoms with E-state index in [2.05, 4.69) is 10.6 Å². The summed E-state index contributed by atoms with van der Waals surface area (Å²) in [5.74, 6) is 1.69. The van der Waals surface area contributed by atoms with Crippen molar-refractivity contribution in [2.75, 3.05) is 17.2 Å². The van der Waals surface area contributed by atoms with Gasteiger partial charge in [0.1, 0.15) is 17.2 Å². The number of hydrogen-bond acceptors (Lipinski definition) is 5. The van der Waals surface area contributed by atoms with Crippen molar-refractivity contribution in [1.29, 1.82) is 0 Å². The van der Waals surface area contributed by atoms with Crippen LogP contribution >= 0.6 is 11.8 Å². The Hall–Kier alpha value is -4.23. The molecule has 0 aliphatic rings. The number of nitrogens with one attached hydrogen (secondary N) is 2. The smallest absolute Gasteiger partial charge is 0.262 e. The first-order valence-electron chi connectivity index (χ1n) is 11.4. The van der Waals surface area contributed by atoms with Crippen molar-refractivity contribution in [3.8, 4) is 17.2 Å². The van der Waals surface area contributed by atoms with Gasteiger partial charge in [0.25, 0.3) is 5.91 Å². The fourth-order valence-corrected chi connectivity index (χ4v) is 4.17. The van der Waals surface area contributed by atoms with Crippen molar-refractivity contribution in [2.45, 2.75) is 17.1 Å². The van der Waals surface area contributed by atoms with E-state index in [0.29, 0.717) is 22.9 Å². The molecule has 4 aromatic carbocycles. The normalized spacial score (nSPS) is 11.2. The van der Waals surface area contributed by atoms with Crippen molar-refractivity contribution >= 4 is 35.0 Å². The predicted octanol–water partition coefficient (Wildman–Crippen LogP) is 6.62. The molecule has 2 N–H and O–H groups in total. The summed E-state index contributed by atoms with van der Waals surface area (Å²) in [7, 11) is 0. The molecule has 1 atom stereocenters. The molecule has 182 valence electrons. The molecule has 6 nitrogen and oxygen atoms in total. The Morgan fingerprint density at radius 2 is 1.36 bits per heavy atom. The summed E-state index contributed by atoms with van der Waals surface area (Å²) in [5.41, 5.74) is 1.33. The summed E-state index contributed by atoms with van der Waals surface area (Å²) < 4.78 is 11.3. The molecule has 0 fully saturated rings. The number of hydrogen-bond donors (Lipinski definition) is 2. The molecule has 4 rings (SSSR count). The summed E-state index contributed by atoms with van der Waals surface area (Å²) in [6.45, 7) is 1.75. The molecule has 1 unspecified atom stereocenters. The Morgan fingerprint density at radius 1 is 0.722 bits per heavy atom. The molecule has 0 radical (unpaired) electrons. The Kier molecular flexibility index (Phi) is 8.62. The molecule has 0 saturated heterocycles. The number of carbonyl (C=O) groups excluding carboxylic acids is 2. The SMILES string of the molecule is CC(Sc1cccc(NC(=O)COc2ccccc2)c1)C(=O)Nc1ccc(Oc2ccccc2)cc1. The van der Waals surface area contributed by atoms with Gasteiger partial charge in [-0.3, -0.25) is 9.59 Å². The fraction of sp³-hybridized carbons (Fsp3) is 0.103. The van der Waals surface area contributed by atoms with Crippen LogP contribution in [0.2, 0.25) is 0 Å². The molecule has 36 heavy (non-hydrogen) atoms. The van der Waals surface area contributed by atoms with Crippen LogP contribution in [0.5, 0.6) is 17.2 Å². The van der Waals surface area contributed by atoms with Gasteiger partial charge < -0.3 is 20.1 Å². The van der Waals surface area contributed by atoms with Gasteiger partial charge in [-0.25, -0.2) is 0 Å². The third-order valence-electron chi connectivity index (χ3n) is 5.01. The zero-order valence-corrected chi connectivity index (χ0v) is 20.5. The molecule has 0 bridgehead atoms. The van der Waals surface area contributed by atoms with Crippen LogP contribution in [0.1, 0.15) is 6.92 Å². The predicted molar refractivity (Wildman–Crippen MR) is 144 cm³/mol. The topological polar surface area (TPSA) is 76.7 Å². The van der Waals surface area contributed by atoms with Crippen LogP contribution in [0.25, 0.3) is 0 Å². The maximum atomic E-state index is 12.7. The van der Waals surface area contributed by atoms with Gasteiger partial charge in [-0.1, -0.05) is 42.5 Å². The minimum Gasteiger partial charge on any atom is -0.484 e. The van der Waals surface area contributed by atoms with Gasteiger partial charge in [0.2, 0.25) is 5.91 Å². The second-order valence-electron chi connectivity index (χ2n) is 7.87. The standard InChI is InChI=1S/C29H26N2O4S/c1-21(29(33)31-22-15-17-26(18-16-22)35-25-12-6-3-7-13-25)36-27-14-8-9-23(19-27)30-28(32)20-34-24-10-4-2-5-11-24/h2-19,21H,20H2,1H3,(H,30,32)(H,31,33). The van der Waals surface area contributed by atoms with Gasteiger partial charge in [-0.2, -0.15) is 0 Å². The van der Waals surface area contributed by atoms with Crippen LogP contribution in [-0.2, 0) is 9.59 Å². The van der Waals surface area contributed by atoms with E-state index in [0.717, 1.165) is 10.6 Å². The summed E-state index contributed by atoms with van der Waals surface area (Å²) in [5, 5.41) is 5.41. The number of carbonyl (C=O) groups is 2. The van der Waals surface area contributed by atoms with Crippen LogP contribution in [-0.4, -0.2) is 23.7 Å². The summed E-state index contributed by atoms with van der Waals surface area (Å²) in [4.78, 5) is 25.8. The van der Waals surface area contributed by atoms with Crippen LogP contribution in [0.3, 0.4) is 0 Å². The quantitative estimate of drug-likeness (QED) is 0.241. The molecule has 0 aliphatic heterocycles. The molecule has 0 saturated carbocycles. The number of ether oxygens (including phenoxy) is 2. The number of thioether (sulfide) groups is 1. The van der Waals surface area contributed by atoms with E-state index in [4.69, 9.17) is 9.47 Å². The molecule has 4 aromatic rings. The van der Waals surface area contributed by atoms with Crippen molar-refractivity contribution in [3.05, 3.63) is 109 Å². The van der Waals surface area contributed by atoms with E-state index in [1.54, 1.807) is 30.3 Å². The Balaban J connectivity index is 1.26. The lowest BCUT2D eigenvalue weighted by Gasteiger charge is -2.14. The number of anilines is 2. The highest BCUT2D eigenvalue weighted by atomic mass is 32.2. The first-order chi connectivity index (χ1) is 17.5. The van der Waals surface area contributed by atoms with Crippen molar-refractivity contribution in [2.24, 2.45) is 0 Å². The average molecular weight is 499 g/mol. The summed E-state index contributed by atoms with van der Waals surface area (Å²) >= 11 is 1.41. The van der Waals surface area contributed by atoms with Crippen molar-refractivity contribution in [3.63, 3.8) is 0 Å². The molecule has 0 heterocycles. The van der Waals surface area contributed by atoms with E-state index in [1.807, 2.05) is 85.8 Å². The van der Waals surface area contributed by atoms with Gasteiger partial charge in [0.15, 0.2) is 6.61 Å². The van der Waals surface area contributed by atoms with E-state index in [1.165, 1.54) is 11.8 Å². The summed E-state index contributed by atoms with van der Waals surface area (Å²) in [6.07, 6.45) is 0. The van der Waals surface area contributed by atoms with Crippen LogP contribution in [0, 0.1) is 0 Å². The molecular weight excluding hydrogens is 472 g/mol. The van der Waals surface area contributed by atoms with Crippen molar-refractivity contribution < 1.29 is 19.1 Å². The summed E-state index contributed by atoms with van der Waals surface area (Å²) in [6, 6.07) is 33.3. The first-order valence-corrected chi connectivity index (χ1v) is 12.3. The van der Waals surface area contributed by atoms with Crippen LogP contribution in [0.4, 0.5) is 11.4 Å². The number of benzene rings is 4. The minimum atomic E-state index is -0.349. The lowest BCUT2D eigenvalue weighted by atomic mass is 10.3. The third kappa shape index (κ3) is 7.65. The van der Waals surface area contributed by atoms with Gasteiger partial charge in [-0.05, 0) is 73.7 Å². The van der Waals surface area contributed by atoms with Gasteiger partial charge >= 0.3 is 0 Å². The van der Waals surface area contributed by atoms with Gasteiger partial charge in [0.05, 0.1) is 5.25 Å². The molecule has 7 heteroatoms. The number of amides is 2. The van der Waals surface area contributed by atoms with E-state index < -0.39 is 0 Å². The van der Waals surface area contributed by atoms with E-state index in [-0.39, 0.29) is 23.7 Å². The molecule has 0 aliphatic carbocycles. The third-order valence-corrected chi connectivity index (χ3v) is 6.11. The molecular formula is C29H26N2O4S. The highest BCUT2D eigenvalue weighted by Crippen LogP contribution is 2.27. The largest absolute Gasteiger partial charge is 0.484 e. The number of para-hydroxylation sites is 2. The Labute approximate surface area is 214 Å².